The van der Waals surface area contributed by atoms with Gasteiger partial charge in [0.05, 0.1) is 12.4 Å². The van der Waals surface area contributed by atoms with Gasteiger partial charge in [-0.05, 0) is 37.1 Å². The highest BCUT2D eigenvalue weighted by molar-refractivity contribution is 7.89. The van der Waals surface area contributed by atoms with Gasteiger partial charge in [0, 0.05) is 0 Å². The summed E-state index contributed by atoms with van der Waals surface area (Å²) in [5.41, 5.74) is 0. The molecule has 0 aliphatic rings. The largest absolute Gasteiger partial charge is 0.573 e. The molecule has 0 atom stereocenters. The Bertz CT molecular complexity index is 513. The summed E-state index contributed by atoms with van der Waals surface area (Å²) < 4.78 is 66.0. The number of sulfonamides is 1. The molecule has 1 aromatic rings. The second kappa shape index (κ2) is 6.80. The second-order valence-electron chi connectivity index (χ2n) is 3.94. The summed E-state index contributed by atoms with van der Waals surface area (Å²) in [5, 5.41) is 4.82. The number of nitrogens with two attached hydrogens (primary N) is 1. The summed E-state index contributed by atoms with van der Waals surface area (Å²) in [5.74, 6) is -0.0939. The van der Waals surface area contributed by atoms with Gasteiger partial charge in [-0.15, -0.1) is 13.2 Å². The first-order valence-corrected chi connectivity index (χ1v) is 7.36. The summed E-state index contributed by atoms with van der Waals surface area (Å²) in [4.78, 5) is 0. The molecule has 0 radical (unpaired) electrons. The van der Waals surface area contributed by atoms with E-state index in [0.29, 0.717) is 18.6 Å². The van der Waals surface area contributed by atoms with Gasteiger partial charge in [0.25, 0.3) is 0 Å². The number of unbranched alkanes of at least 4 members (excludes halogenated alkanes) is 1. The van der Waals surface area contributed by atoms with Crippen LogP contribution in [0.15, 0.2) is 24.3 Å². The third-order valence-electron chi connectivity index (χ3n) is 2.15. The van der Waals surface area contributed by atoms with E-state index in [4.69, 9.17) is 9.88 Å². The SMILES string of the molecule is NS(=O)(=O)CCCCOc1ccc(OC(F)(F)F)cc1. The molecule has 0 amide bonds. The van der Waals surface area contributed by atoms with Gasteiger partial charge in [0.2, 0.25) is 10.0 Å². The normalized spacial score (nSPS) is 12.2. The van der Waals surface area contributed by atoms with Crippen molar-refractivity contribution < 1.29 is 31.1 Å². The lowest BCUT2D eigenvalue weighted by atomic mass is 10.3. The predicted molar refractivity (Wildman–Crippen MR) is 65.8 cm³/mol. The van der Waals surface area contributed by atoms with Crippen LogP contribution < -0.4 is 14.6 Å². The fourth-order valence-corrected chi connectivity index (χ4v) is 1.94. The van der Waals surface area contributed by atoms with E-state index in [1.807, 2.05) is 0 Å². The van der Waals surface area contributed by atoms with Crippen LogP contribution in [0.1, 0.15) is 12.8 Å². The minimum Gasteiger partial charge on any atom is -0.494 e. The second-order valence-corrected chi connectivity index (χ2v) is 5.68. The van der Waals surface area contributed by atoms with E-state index in [1.165, 1.54) is 12.1 Å². The molecule has 0 fully saturated rings. The van der Waals surface area contributed by atoms with Crippen molar-refractivity contribution in [1.82, 2.24) is 0 Å². The number of hydrogen-bond donors (Lipinski definition) is 1. The molecule has 2 N–H and O–H groups in total. The van der Waals surface area contributed by atoms with Crippen molar-refractivity contribution in [1.29, 1.82) is 0 Å². The van der Waals surface area contributed by atoms with Crippen LogP contribution in [-0.4, -0.2) is 27.1 Å². The molecule has 0 heterocycles. The first kappa shape index (κ1) is 16.6. The number of hydrogen-bond acceptors (Lipinski definition) is 4. The van der Waals surface area contributed by atoms with E-state index in [0.717, 1.165) is 12.1 Å². The number of primary sulfonamides is 1. The average molecular weight is 313 g/mol. The third kappa shape index (κ3) is 7.85. The van der Waals surface area contributed by atoms with Crippen LogP contribution in [0, 0.1) is 0 Å². The topological polar surface area (TPSA) is 78.6 Å². The number of alkyl halides is 3. The minimum atomic E-state index is -4.73. The van der Waals surface area contributed by atoms with Crippen molar-refractivity contribution >= 4 is 10.0 Å². The van der Waals surface area contributed by atoms with E-state index < -0.39 is 16.4 Å². The Labute approximate surface area is 114 Å². The molecule has 1 rings (SSSR count). The summed E-state index contributed by atoms with van der Waals surface area (Å²) in [6.07, 6.45) is -3.90. The quantitative estimate of drug-likeness (QED) is 0.781. The van der Waals surface area contributed by atoms with Crippen molar-refractivity contribution in [3.63, 3.8) is 0 Å². The van der Waals surface area contributed by atoms with Crippen LogP contribution in [0.3, 0.4) is 0 Å². The lowest BCUT2D eigenvalue weighted by Crippen LogP contribution is -2.17. The zero-order valence-electron chi connectivity index (χ0n) is 10.4. The van der Waals surface area contributed by atoms with Crippen molar-refractivity contribution in [3.8, 4) is 11.5 Å². The standard InChI is InChI=1S/C11H14F3NO4S/c12-11(13,14)19-10-5-3-9(4-6-10)18-7-1-2-8-20(15,16)17/h3-6H,1-2,7-8H2,(H2,15,16,17). The Kier molecular flexibility index (Phi) is 5.63. The predicted octanol–water partition coefficient (Wildman–Crippen LogP) is 2.03. The van der Waals surface area contributed by atoms with E-state index in [1.54, 1.807) is 0 Å². The first-order chi connectivity index (χ1) is 9.16. The van der Waals surface area contributed by atoms with Gasteiger partial charge in [0.1, 0.15) is 11.5 Å². The molecule has 5 nitrogen and oxygen atoms in total. The summed E-state index contributed by atoms with van der Waals surface area (Å²) in [6.45, 7) is 0.245. The van der Waals surface area contributed by atoms with E-state index >= 15 is 0 Å². The molecule has 0 saturated heterocycles. The smallest absolute Gasteiger partial charge is 0.494 e. The molecular formula is C11H14F3NO4S. The Morgan fingerprint density at radius 3 is 2.10 bits per heavy atom. The van der Waals surface area contributed by atoms with Gasteiger partial charge in [-0.1, -0.05) is 0 Å². The van der Waals surface area contributed by atoms with Crippen molar-refractivity contribution in [2.75, 3.05) is 12.4 Å². The molecule has 9 heteroatoms. The zero-order valence-corrected chi connectivity index (χ0v) is 11.2. The summed E-state index contributed by atoms with van der Waals surface area (Å²) >= 11 is 0. The molecule has 0 aliphatic carbocycles. The van der Waals surface area contributed by atoms with Gasteiger partial charge in [-0.3, -0.25) is 0 Å². The maximum atomic E-state index is 11.9. The van der Waals surface area contributed by atoms with Crippen LogP contribution in [0.5, 0.6) is 11.5 Å². The van der Waals surface area contributed by atoms with Crippen molar-refractivity contribution in [2.45, 2.75) is 19.2 Å². The zero-order chi connectivity index (χ0) is 15.2. The monoisotopic (exact) mass is 313 g/mol. The number of rotatable bonds is 7. The van der Waals surface area contributed by atoms with E-state index in [9.17, 15) is 21.6 Å². The summed E-state index contributed by atoms with van der Waals surface area (Å²) in [7, 11) is -3.47. The van der Waals surface area contributed by atoms with Crippen LogP contribution >= 0.6 is 0 Å². The molecule has 0 spiro atoms. The Morgan fingerprint density at radius 1 is 1.05 bits per heavy atom. The maximum absolute atomic E-state index is 11.9. The van der Waals surface area contributed by atoms with Gasteiger partial charge in [-0.25, -0.2) is 13.6 Å². The van der Waals surface area contributed by atoms with Gasteiger partial charge in [0.15, 0.2) is 0 Å². The molecular weight excluding hydrogens is 299 g/mol. The van der Waals surface area contributed by atoms with Gasteiger partial charge >= 0.3 is 6.36 Å². The fraction of sp³-hybridized carbons (Fsp3) is 0.455. The summed E-state index contributed by atoms with van der Waals surface area (Å²) in [6, 6.07) is 4.93. The molecule has 1 aromatic carbocycles. The highest BCUT2D eigenvalue weighted by Gasteiger charge is 2.30. The van der Waals surface area contributed by atoms with Crippen LogP contribution in [-0.2, 0) is 10.0 Å². The number of halogens is 3. The highest BCUT2D eigenvalue weighted by Crippen LogP contribution is 2.24. The van der Waals surface area contributed by atoms with Crippen LogP contribution in [0.25, 0.3) is 0 Å². The Balaban J connectivity index is 2.32. The maximum Gasteiger partial charge on any atom is 0.573 e. The lowest BCUT2D eigenvalue weighted by Gasteiger charge is -2.10. The van der Waals surface area contributed by atoms with Gasteiger partial charge < -0.3 is 9.47 Å². The van der Waals surface area contributed by atoms with Crippen molar-refractivity contribution in [3.05, 3.63) is 24.3 Å². The number of benzene rings is 1. The lowest BCUT2D eigenvalue weighted by molar-refractivity contribution is -0.274. The van der Waals surface area contributed by atoms with Crippen LogP contribution in [0.2, 0.25) is 0 Å². The molecule has 0 unspecified atom stereocenters. The molecule has 0 aliphatic heterocycles. The van der Waals surface area contributed by atoms with Gasteiger partial charge in [-0.2, -0.15) is 0 Å². The minimum absolute atomic E-state index is 0.130. The average Bonchev–Trinajstić information content (AvgIpc) is 2.27. The van der Waals surface area contributed by atoms with Crippen molar-refractivity contribution in [2.24, 2.45) is 5.14 Å². The Hall–Kier alpha value is -1.48. The van der Waals surface area contributed by atoms with E-state index in [2.05, 4.69) is 4.74 Å². The van der Waals surface area contributed by atoms with Crippen LogP contribution in [0.4, 0.5) is 13.2 Å². The molecule has 0 bridgehead atoms. The molecule has 114 valence electrons. The number of ether oxygens (including phenoxy) is 2. The van der Waals surface area contributed by atoms with E-state index in [-0.39, 0.29) is 18.1 Å². The molecule has 0 aromatic heterocycles. The third-order valence-corrected chi connectivity index (χ3v) is 3.01. The molecule has 0 saturated carbocycles. The first-order valence-electron chi connectivity index (χ1n) is 5.65. The Morgan fingerprint density at radius 2 is 1.60 bits per heavy atom. The highest BCUT2D eigenvalue weighted by atomic mass is 32.2. The molecule has 20 heavy (non-hydrogen) atoms. The fourth-order valence-electron chi connectivity index (χ4n) is 1.33.